The van der Waals surface area contributed by atoms with E-state index in [-0.39, 0.29) is 18.4 Å². The molecule has 4 heterocycles. The molecule has 6 rings (SSSR count). The molecule has 1 aromatic heterocycles. The molecule has 3 aromatic rings. The molecule has 3 aliphatic heterocycles. The summed E-state index contributed by atoms with van der Waals surface area (Å²) in [5.41, 5.74) is 8.18. The van der Waals surface area contributed by atoms with E-state index in [0.29, 0.717) is 53.5 Å². The number of likely N-dealkylation sites (tertiary alicyclic amines) is 1. The fourth-order valence-electron chi connectivity index (χ4n) is 6.15. The van der Waals surface area contributed by atoms with Gasteiger partial charge in [0, 0.05) is 48.4 Å². The van der Waals surface area contributed by atoms with Crippen molar-refractivity contribution in [3.63, 3.8) is 0 Å². The number of methoxy groups -OCH3 is 1. The predicted molar refractivity (Wildman–Crippen MR) is 184 cm³/mol. The number of hydrogen-bond acceptors (Lipinski definition) is 8. The van der Waals surface area contributed by atoms with E-state index in [1.165, 1.54) is 42.4 Å². The molecule has 0 N–H and O–H groups in total. The van der Waals surface area contributed by atoms with E-state index in [1.807, 2.05) is 0 Å². The van der Waals surface area contributed by atoms with Gasteiger partial charge in [-0.15, -0.1) is 0 Å². The van der Waals surface area contributed by atoms with E-state index < -0.39 is 0 Å². The summed E-state index contributed by atoms with van der Waals surface area (Å²) in [6, 6.07) is 17.2. The van der Waals surface area contributed by atoms with E-state index in [1.54, 1.807) is 18.9 Å². The number of carbonyl (C=O) groups excluding carboxylic acids is 1. The molecule has 1 radical (unpaired) electrons. The number of anilines is 2. The number of amides is 1. The summed E-state index contributed by atoms with van der Waals surface area (Å²) in [4.78, 5) is 30.8. The molecule has 9 nitrogen and oxygen atoms in total. The molecular weight excluding hydrogens is 625 g/mol. The van der Waals surface area contributed by atoms with Gasteiger partial charge in [0.2, 0.25) is 5.91 Å². The molecule has 10 heteroatoms. The molecular formula is C35H47AsN7O2. The SMILES string of the molecule is C=C(C)C(=O)N1CCN(c2nc(OC)nc3c2CCN(c2cccc4ccccc24)C3)CC1CC#N.CN1CCCC1.C[As]C. The van der Waals surface area contributed by atoms with Gasteiger partial charge in [-0.3, -0.25) is 4.79 Å². The van der Waals surface area contributed by atoms with Crippen LogP contribution in [0.3, 0.4) is 0 Å². The molecule has 1 unspecified atom stereocenters. The van der Waals surface area contributed by atoms with Crippen LogP contribution < -0.4 is 14.5 Å². The van der Waals surface area contributed by atoms with Crippen molar-refractivity contribution in [2.24, 2.45) is 0 Å². The second-order valence-electron chi connectivity index (χ2n) is 11.8. The van der Waals surface area contributed by atoms with Crippen LogP contribution in [0.1, 0.15) is 37.4 Å². The molecule has 1 atom stereocenters. The van der Waals surface area contributed by atoms with E-state index in [9.17, 15) is 10.1 Å². The van der Waals surface area contributed by atoms with Crippen LogP contribution in [0.4, 0.5) is 11.5 Å². The zero-order chi connectivity index (χ0) is 32.3. The molecule has 239 valence electrons. The van der Waals surface area contributed by atoms with E-state index in [4.69, 9.17) is 14.7 Å². The van der Waals surface area contributed by atoms with Crippen LogP contribution in [0, 0.1) is 11.3 Å². The average Bonchev–Trinajstić information content (AvgIpc) is 3.55. The average molecular weight is 673 g/mol. The Morgan fingerprint density at radius 2 is 1.76 bits per heavy atom. The summed E-state index contributed by atoms with van der Waals surface area (Å²) in [5, 5.41) is 11.9. The number of benzene rings is 2. The molecule has 3 aliphatic rings. The number of fused-ring (bicyclic) bond motifs is 2. The zero-order valence-corrected chi connectivity index (χ0v) is 29.4. The van der Waals surface area contributed by atoms with Crippen LogP contribution in [-0.4, -0.2) is 101 Å². The first-order valence-electron chi connectivity index (χ1n) is 15.7. The standard InChI is InChI=1S/C28H30N6O2.C5H11N.C2H6As/c1-19(2)27(35)34-16-15-33(17-21(34)11-13-29)26-23-12-14-32(18-24(23)30-28(31-26)36-3)25-10-6-8-20-7-4-5-9-22(20)25;1-6-4-2-3-5-6;1-3-2/h4-10,21H,1,11-12,14-18H2,2-3H3;2-5H2,1H3;1-2H3. The summed E-state index contributed by atoms with van der Waals surface area (Å²) in [7, 11) is 3.76. The quantitative estimate of drug-likeness (QED) is 0.270. The van der Waals surface area contributed by atoms with E-state index in [2.05, 4.69) is 88.3 Å². The molecule has 45 heavy (non-hydrogen) atoms. The fraction of sp³-hybridized carbons (Fsp3) is 0.486. The van der Waals surface area contributed by atoms with Crippen molar-refractivity contribution in [2.75, 3.05) is 63.2 Å². The first-order valence-corrected chi connectivity index (χ1v) is 19.5. The first kappa shape index (κ1) is 34.3. The Kier molecular flexibility index (Phi) is 12.7. The minimum absolute atomic E-state index is 0.0945. The van der Waals surface area contributed by atoms with Crippen LogP contribution in [-0.2, 0) is 17.8 Å². The molecule has 2 fully saturated rings. The van der Waals surface area contributed by atoms with Gasteiger partial charge in [0.1, 0.15) is 5.82 Å². The summed E-state index contributed by atoms with van der Waals surface area (Å²) in [5.74, 6) is 0.753. The van der Waals surface area contributed by atoms with Gasteiger partial charge in [0.05, 0.1) is 37.9 Å². The van der Waals surface area contributed by atoms with Crippen LogP contribution >= 0.6 is 0 Å². The molecule has 0 spiro atoms. The van der Waals surface area contributed by atoms with E-state index >= 15 is 0 Å². The molecule has 1 amide bonds. The second-order valence-corrected chi connectivity index (χ2v) is 13.7. The summed E-state index contributed by atoms with van der Waals surface area (Å²) >= 11 is 0.688. The number of nitrogens with zero attached hydrogens (tertiary/aromatic N) is 7. The van der Waals surface area contributed by atoms with Gasteiger partial charge in [0.25, 0.3) is 0 Å². The molecule has 0 saturated carbocycles. The first-order chi connectivity index (χ1) is 21.8. The van der Waals surface area contributed by atoms with Gasteiger partial charge in [-0.05, 0) is 57.8 Å². The van der Waals surface area contributed by atoms with Gasteiger partial charge < -0.3 is 24.3 Å². The van der Waals surface area contributed by atoms with Gasteiger partial charge in [-0.25, -0.2) is 0 Å². The van der Waals surface area contributed by atoms with Crippen LogP contribution in [0.25, 0.3) is 10.8 Å². The van der Waals surface area contributed by atoms with Gasteiger partial charge in [0.15, 0.2) is 0 Å². The topological polar surface area (TPSA) is 88.8 Å². The Bertz CT molecular complexity index is 1500. The normalized spacial score (nSPS) is 17.8. The maximum absolute atomic E-state index is 12.7. The number of ether oxygens (including phenoxy) is 1. The van der Waals surface area contributed by atoms with Crippen molar-refractivity contribution in [3.05, 3.63) is 65.9 Å². The van der Waals surface area contributed by atoms with Crippen molar-refractivity contribution in [1.29, 1.82) is 5.26 Å². The summed E-state index contributed by atoms with van der Waals surface area (Å²) < 4.78 is 5.49. The van der Waals surface area contributed by atoms with Gasteiger partial charge in [-0.2, -0.15) is 15.2 Å². The predicted octanol–water partition coefficient (Wildman–Crippen LogP) is 5.21. The minimum atomic E-state index is -0.222. The molecule has 2 saturated heterocycles. The Morgan fingerprint density at radius 1 is 1.04 bits per heavy atom. The maximum atomic E-state index is 12.7. The van der Waals surface area contributed by atoms with Crippen molar-refractivity contribution in [1.82, 2.24) is 19.8 Å². The Labute approximate surface area is 275 Å². The monoisotopic (exact) mass is 672 g/mol. The fourth-order valence-corrected chi connectivity index (χ4v) is 6.15. The molecule has 0 aliphatic carbocycles. The second kappa shape index (κ2) is 16.6. The number of aromatic nitrogens is 2. The molecule has 2 aromatic carbocycles. The number of rotatable bonds is 5. The van der Waals surface area contributed by atoms with Crippen molar-refractivity contribution in [2.45, 2.75) is 56.6 Å². The third-order valence-electron chi connectivity index (χ3n) is 8.38. The third-order valence-corrected chi connectivity index (χ3v) is 8.38. The zero-order valence-electron chi connectivity index (χ0n) is 27.5. The summed E-state index contributed by atoms with van der Waals surface area (Å²) in [6.07, 6.45) is 3.88. The number of piperazine rings is 1. The number of nitriles is 1. The number of hydrogen-bond donors (Lipinski definition) is 0. The van der Waals surface area contributed by atoms with Crippen molar-refractivity contribution < 1.29 is 9.53 Å². The van der Waals surface area contributed by atoms with Gasteiger partial charge >= 0.3 is 33.2 Å². The van der Waals surface area contributed by atoms with E-state index in [0.717, 1.165) is 30.0 Å². The molecule has 0 bridgehead atoms. The number of carbonyl (C=O) groups is 1. The van der Waals surface area contributed by atoms with Crippen LogP contribution in [0.15, 0.2) is 54.6 Å². The third kappa shape index (κ3) is 8.56. The van der Waals surface area contributed by atoms with Crippen LogP contribution in [0.2, 0.25) is 11.4 Å². The summed E-state index contributed by atoms with van der Waals surface area (Å²) in [6.45, 7) is 11.3. The Morgan fingerprint density at radius 3 is 2.40 bits per heavy atom. The van der Waals surface area contributed by atoms with Gasteiger partial charge in [-0.1, -0.05) is 43.0 Å². The Hall–Kier alpha value is -3.60. The van der Waals surface area contributed by atoms with Crippen LogP contribution in [0.5, 0.6) is 6.01 Å². The van der Waals surface area contributed by atoms with Crippen molar-refractivity contribution in [3.8, 4) is 12.1 Å². The van der Waals surface area contributed by atoms with Crippen molar-refractivity contribution >= 4 is 43.9 Å². The Balaban J connectivity index is 0.000000446.